The zero-order valence-corrected chi connectivity index (χ0v) is 10.8. The van der Waals surface area contributed by atoms with Crippen molar-refractivity contribution < 1.29 is 18.6 Å². The molecule has 2 aromatic rings. The summed E-state index contributed by atoms with van der Waals surface area (Å²) in [7, 11) is 0. The van der Waals surface area contributed by atoms with E-state index in [1.807, 2.05) is 0 Å². The van der Waals surface area contributed by atoms with E-state index in [0.717, 1.165) is 18.2 Å². The molecule has 0 heterocycles. The Bertz CT molecular complexity index is 580. The first-order valence-corrected chi connectivity index (χ1v) is 5.95. The van der Waals surface area contributed by atoms with Gasteiger partial charge in [0.25, 0.3) is 0 Å². The Hall–Kier alpha value is -1.65. The zero-order valence-electron chi connectivity index (χ0n) is 10.0. The third-order valence-electron chi connectivity index (χ3n) is 2.50. The lowest BCUT2D eigenvalue weighted by atomic mass is 10.1. The number of rotatable bonds is 3. The fourth-order valence-corrected chi connectivity index (χ4v) is 1.80. The Balaban J connectivity index is 2.28. The smallest absolute Gasteiger partial charge is 0.146 e. The van der Waals surface area contributed by atoms with Crippen molar-refractivity contribution in [2.24, 2.45) is 0 Å². The van der Waals surface area contributed by atoms with Crippen LogP contribution in [-0.4, -0.2) is 5.11 Å². The molecule has 100 valence electrons. The molecule has 1 N–H and O–H groups in total. The van der Waals surface area contributed by atoms with E-state index >= 15 is 0 Å². The van der Waals surface area contributed by atoms with E-state index in [1.54, 1.807) is 13.0 Å². The number of hydrogen-bond donors (Lipinski definition) is 1. The highest BCUT2D eigenvalue weighted by Crippen LogP contribution is 2.32. The fraction of sp³-hybridized carbons (Fsp3) is 0.143. The number of benzene rings is 2. The van der Waals surface area contributed by atoms with Gasteiger partial charge in [-0.15, -0.1) is 0 Å². The van der Waals surface area contributed by atoms with E-state index in [1.165, 1.54) is 12.1 Å². The molecule has 0 aliphatic heterocycles. The summed E-state index contributed by atoms with van der Waals surface area (Å²) in [4.78, 5) is 0. The van der Waals surface area contributed by atoms with Crippen molar-refractivity contribution >= 4 is 11.6 Å². The van der Waals surface area contributed by atoms with Gasteiger partial charge in [-0.2, -0.15) is 0 Å². The van der Waals surface area contributed by atoms with Crippen LogP contribution in [0.4, 0.5) is 8.78 Å². The molecule has 19 heavy (non-hydrogen) atoms. The van der Waals surface area contributed by atoms with Gasteiger partial charge in [-0.05, 0) is 24.6 Å². The molecule has 5 heteroatoms. The molecule has 0 saturated heterocycles. The van der Waals surface area contributed by atoms with Crippen molar-refractivity contribution in [2.75, 3.05) is 0 Å². The van der Waals surface area contributed by atoms with Crippen molar-refractivity contribution in [3.05, 3.63) is 58.6 Å². The van der Waals surface area contributed by atoms with Crippen LogP contribution in [-0.2, 0) is 0 Å². The number of aliphatic hydroxyl groups is 1. The Labute approximate surface area is 114 Å². The van der Waals surface area contributed by atoms with Crippen molar-refractivity contribution in [3.63, 3.8) is 0 Å². The normalized spacial score (nSPS) is 12.3. The second kappa shape index (κ2) is 5.55. The van der Waals surface area contributed by atoms with Crippen LogP contribution in [0.2, 0.25) is 5.02 Å². The fourth-order valence-electron chi connectivity index (χ4n) is 1.57. The van der Waals surface area contributed by atoms with Crippen molar-refractivity contribution in [1.29, 1.82) is 0 Å². The average Bonchev–Trinajstić information content (AvgIpc) is 2.30. The monoisotopic (exact) mass is 284 g/mol. The van der Waals surface area contributed by atoms with Gasteiger partial charge in [0, 0.05) is 18.2 Å². The van der Waals surface area contributed by atoms with Crippen LogP contribution in [0.3, 0.4) is 0 Å². The maximum atomic E-state index is 13.0. The average molecular weight is 285 g/mol. The van der Waals surface area contributed by atoms with E-state index in [0.29, 0.717) is 5.56 Å². The summed E-state index contributed by atoms with van der Waals surface area (Å²) < 4.78 is 31.3. The predicted octanol–water partition coefficient (Wildman–Crippen LogP) is 4.46. The van der Waals surface area contributed by atoms with Crippen LogP contribution in [0, 0.1) is 11.6 Å². The molecule has 2 nitrogen and oxygen atoms in total. The van der Waals surface area contributed by atoms with E-state index in [-0.39, 0.29) is 16.5 Å². The molecule has 2 rings (SSSR count). The summed E-state index contributed by atoms with van der Waals surface area (Å²) in [5, 5.41) is 9.66. The quantitative estimate of drug-likeness (QED) is 0.901. The van der Waals surface area contributed by atoms with E-state index in [9.17, 15) is 13.9 Å². The van der Waals surface area contributed by atoms with Crippen LogP contribution in [0.1, 0.15) is 18.6 Å². The first-order valence-electron chi connectivity index (χ1n) is 5.57. The summed E-state index contributed by atoms with van der Waals surface area (Å²) in [6, 6.07) is 7.57. The van der Waals surface area contributed by atoms with Gasteiger partial charge in [-0.1, -0.05) is 17.7 Å². The summed E-state index contributed by atoms with van der Waals surface area (Å²) in [6.07, 6.45) is -0.654. The highest BCUT2D eigenvalue weighted by molar-refractivity contribution is 6.32. The van der Waals surface area contributed by atoms with Crippen LogP contribution in [0.5, 0.6) is 11.5 Å². The molecule has 1 atom stereocenters. The predicted molar refractivity (Wildman–Crippen MR) is 68.5 cm³/mol. The molecule has 0 radical (unpaired) electrons. The first kappa shape index (κ1) is 13.8. The molecule has 0 fully saturated rings. The Morgan fingerprint density at radius 3 is 2.26 bits per heavy atom. The molecule has 0 aliphatic rings. The molecule has 0 unspecified atom stereocenters. The first-order chi connectivity index (χ1) is 8.95. The number of aliphatic hydroxyl groups excluding tert-OH is 1. The standard InChI is InChI=1S/C14H11ClF2O2/c1-8(18)9-2-3-14(13(15)4-9)19-12-6-10(16)5-11(17)7-12/h2-8,18H,1H3/t8-/m1/s1. The van der Waals surface area contributed by atoms with Crippen LogP contribution >= 0.6 is 11.6 Å². The lowest BCUT2D eigenvalue weighted by Crippen LogP contribution is -1.93. The Kier molecular flexibility index (Phi) is 4.02. The summed E-state index contributed by atoms with van der Waals surface area (Å²) in [5.41, 5.74) is 0.628. The summed E-state index contributed by atoms with van der Waals surface area (Å²) in [6.45, 7) is 1.61. The van der Waals surface area contributed by atoms with Gasteiger partial charge in [-0.25, -0.2) is 8.78 Å². The van der Waals surface area contributed by atoms with Crippen molar-refractivity contribution in [3.8, 4) is 11.5 Å². The number of ether oxygens (including phenoxy) is 1. The Morgan fingerprint density at radius 1 is 1.11 bits per heavy atom. The van der Waals surface area contributed by atoms with Crippen LogP contribution in [0.25, 0.3) is 0 Å². The lowest BCUT2D eigenvalue weighted by molar-refractivity contribution is 0.199. The van der Waals surface area contributed by atoms with Gasteiger partial charge >= 0.3 is 0 Å². The van der Waals surface area contributed by atoms with Gasteiger partial charge in [0.2, 0.25) is 0 Å². The number of halogens is 3. The second-order valence-corrected chi connectivity index (χ2v) is 4.48. The molecule has 0 spiro atoms. The van der Waals surface area contributed by atoms with Gasteiger partial charge in [-0.3, -0.25) is 0 Å². The van der Waals surface area contributed by atoms with Gasteiger partial charge in [0.05, 0.1) is 11.1 Å². The molecule has 0 saturated carbocycles. The summed E-state index contributed by atoms with van der Waals surface area (Å²) >= 11 is 5.98. The molecule has 2 aromatic carbocycles. The van der Waals surface area contributed by atoms with E-state index in [4.69, 9.17) is 16.3 Å². The van der Waals surface area contributed by atoms with Crippen LogP contribution < -0.4 is 4.74 Å². The molecule has 0 aromatic heterocycles. The summed E-state index contributed by atoms with van der Waals surface area (Å²) in [5.74, 6) is -1.18. The van der Waals surface area contributed by atoms with E-state index < -0.39 is 17.7 Å². The van der Waals surface area contributed by atoms with Gasteiger partial charge in [0.1, 0.15) is 23.1 Å². The van der Waals surface area contributed by atoms with Crippen LogP contribution in [0.15, 0.2) is 36.4 Å². The number of hydrogen-bond acceptors (Lipinski definition) is 2. The molecule has 0 amide bonds. The van der Waals surface area contributed by atoms with Gasteiger partial charge < -0.3 is 9.84 Å². The Morgan fingerprint density at radius 2 is 1.74 bits per heavy atom. The third-order valence-corrected chi connectivity index (χ3v) is 2.80. The second-order valence-electron chi connectivity index (χ2n) is 4.07. The lowest BCUT2D eigenvalue weighted by Gasteiger charge is -2.10. The highest BCUT2D eigenvalue weighted by Gasteiger charge is 2.09. The molecule has 0 bridgehead atoms. The maximum absolute atomic E-state index is 13.0. The van der Waals surface area contributed by atoms with Gasteiger partial charge in [0.15, 0.2) is 0 Å². The molecular weight excluding hydrogens is 274 g/mol. The minimum atomic E-state index is -0.730. The zero-order chi connectivity index (χ0) is 14.0. The molecule has 0 aliphatic carbocycles. The third kappa shape index (κ3) is 3.43. The minimum absolute atomic E-state index is 0.0178. The maximum Gasteiger partial charge on any atom is 0.146 e. The minimum Gasteiger partial charge on any atom is -0.456 e. The largest absolute Gasteiger partial charge is 0.456 e. The molecular formula is C14H11ClF2O2. The van der Waals surface area contributed by atoms with E-state index in [2.05, 4.69) is 0 Å². The highest BCUT2D eigenvalue weighted by atomic mass is 35.5. The SMILES string of the molecule is C[C@@H](O)c1ccc(Oc2cc(F)cc(F)c2)c(Cl)c1. The van der Waals surface area contributed by atoms with Crippen molar-refractivity contribution in [1.82, 2.24) is 0 Å². The van der Waals surface area contributed by atoms with Crippen molar-refractivity contribution in [2.45, 2.75) is 13.0 Å². The topological polar surface area (TPSA) is 29.5 Å².